The Hall–Kier alpha value is -0.670. The van der Waals surface area contributed by atoms with Crippen LogP contribution in [0.4, 0.5) is 0 Å². The Labute approximate surface area is 99.0 Å². The molecule has 0 radical (unpaired) electrons. The Kier molecular flexibility index (Phi) is 4.48. The topological polar surface area (TPSA) is 43.1 Å². The predicted molar refractivity (Wildman–Crippen MR) is 66.0 cm³/mol. The molecule has 1 aromatic rings. The standard InChI is InChI=1S/C12H16BrNO/c1-8-3-4-10(13)7-11(8)12(15)9(2)5-6-14/h3-4,7,9H,5-6,14H2,1-2H3. The highest BCUT2D eigenvalue weighted by atomic mass is 79.9. The molecule has 3 heteroatoms. The van der Waals surface area contributed by atoms with Crippen LogP contribution in [0.5, 0.6) is 0 Å². The number of halogens is 1. The first-order valence-corrected chi connectivity index (χ1v) is 5.86. The van der Waals surface area contributed by atoms with Gasteiger partial charge in [-0.05, 0) is 37.6 Å². The monoisotopic (exact) mass is 269 g/mol. The molecular weight excluding hydrogens is 254 g/mol. The van der Waals surface area contributed by atoms with E-state index in [4.69, 9.17) is 5.73 Å². The summed E-state index contributed by atoms with van der Waals surface area (Å²) in [4.78, 5) is 12.0. The molecule has 0 aromatic heterocycles. The largest absolute Gasteiger partial charge is 0.330 e. The summed E-state index contributed by atoms with van der Waals surface area (Å²) in [6.45, 7) is 4.43. The van der Waals surface area contributed by atoms with Crippen LogP contribution in [0, 0.1) is 12.8 Å². The van der Waals surface area contributed by atoms with Crippen LogP contribution in [0.3, 0.4) is 0 Å². The van der Waals surface area contributed by atoms with E-state index in [0.717, 1.165) is 22.0 Å². The third-order valence-electron chi connectivity index (χ3n) is 2.51. The van der Waals surface area contributed by atoms with Gasteiger partial charge in [-0.1, -0.05) is 28.9 Å². The van der Waals surface area contributed by atoms with Crippen LogP contribution >= 0.6 is 15.9 Å². The molecule has 0 aliphatic rings. The van der Waals surface area contributed by atoms with Gasteiger partial charge >= 0.3 is 0 Å². The molecule has 0 amide bonds. The lowest BCUT2D eigenvalue weighted by atomic mass is 9.94. The van der Waals surface area contributed by atoms with Gasteiger partial charge in [-0.25, -0.2) is 0 Å². The van der Waals surface area contributed by atoms with Gasteiger partial charge in [0.1, 0.15) is 0 Å². The van der Waals surface area contributed by atoms with Gasteiger partial charge < -0.3 is 5.73 Å². The number of hydrogen-bond acceptors (Lipinski definition) is 2. The molecule has 0 aliphatic heterocycles. The number of rotatable bonds is 4. The maximum atomic E-state index is 12.0. The Morgan fingerprint density at radius 2 is 2.20 bits per heavy atom. The molecule has 0 heterocycles. The minimum absolute atomic E-state index is 0.00278. The third kappa shape index (κ3) is 3.14. The number of benzene rings is 1. The summed E-state index contributed by atoms with van der Waals surface area (Å²) in [6.07, 6.45) is 0.741. The first-order chi connectivity index (χ1) is 7.06. The van der Waals surface area contributed by atoms with E-state index in [9.17, 15) is 4.79 Å². The molecule has 0 aliphatic carbocycles. The lowest BCUT2D eigenvalue weighted by Crippen LogP contribution is -2.16. The summed E-state index contributed by atoms with van der Waals surface area (Å²) in [5.41, 5.74) is 7.27. The molecule has 1 unspecified atom stereocenters. The number of aryl methyl sites for hydroxylation is 1. The normalized spacial score (nSPS) is 12.5. The number of carbonyl (C=O) groups excluding carboxylic acids is 1. The Morgan fingerprint density at radius 3 is 2.80 bits per heavy atom. The fourth-order valence-corrected chi connectivity index (χ4v) is 1.87. The highest BCUT2D eigenvalue weighted by molar-refractivity contribution is 9.10. The lowest BCUT2D eigenvalue weighted by Gasteiger charge is -2.11. The van der Waals surface area contributed by atoms with Crippen LogP contribution in [-0.4, -0.2) is 12.3 Å². The van der Waals surface area contributed by atoms with Crippen LogP contribution < -0.4 is 5.73 Å². The van der Waals surface area contributed by atoms with Gasteiger partial charge in [-0.2, -0.15) is 0 Å². The second-order valence-corrected chi connectivity index (χ2v) is 4.72. The number of nitrogens with two attached hydrogens (primary N) is 1. The molecule has 15 heavy (non-hydrogen) atoms. The zero-order chi connectivity index (χ0) is 11.4. The molecule has 1 aromatic carbocycles. The first-order valence-electron chi connectivity index (χ1n) is 5.06. The first kappa shape index (κ1) is 12.4. The SMILES string of the molecule is Cc1ccc(Br)cc1C(=O)C(C)CCN. The smallest absolute Gasteiger partial charge is 0.166 e. The minimum Gasteiger partial charge on any atom is -0.330 e. The molecule has 0 spiro atoms. The number of carbonyl (C=O) groups is 1. The van der Waals surface area contributed by atoms with Crippen molar-refractivity contribution in [1.82, 2.24) is 0 Å². The van der Waals surface area contributed by atoms with Gasteiger partial charge in [0.2, 0.25) is 0 Å². The zero-order valence-electron chi connectivity index (χ0n) is 9.09. The maximum absolute atomic E-state index is 12.0. The molecule has 82 valence electrons. The summed E-state index contributed by atoms with van der Waals surface area (Å²) in [5.74, 6) is 0.183. The van der Waals surface area contributed by atoms with Crippen molar-refractivity contribution in [1.29, 1.82) is 0 Å². The Balaban J connectivity index is 2.95. The van der Waals surface area contributed by atoms with E-state index < -0.39 is 0 Å². The fraction of sp³-hybridized carbons (Fsp3) is 0.417. The van der Waals surface area contributed by atoms with Crippen LogP contribution in [-0.2, 0) is 0 Å². The van der Waals surface area contributed by atoms with E-state index in [0.29, 0.717) is 6.54 Å². The summed E-state index contributed by atoms with van der Waals surface area (Å²) in [7, 11) is 0. The fourth-order valence-electron chi connectivity index (χ4n) is 1.51. The van der Waals surface area contributed by atoms with E-state index in [1.165, 1.54) is 0 Å². The van der Waals surface area contributed by atoms with Gasteiger partial charge in [-0.3, -0.25) is 4.79 Å². The third-order valence-corrected chi connectivity index (χ3v) is 3.01. The van der Waals surface area contributed by atoms with Gasteiger partial charge in [0.25, 0.3) is 0 Å². The molecule has 0 saturated heterocycles. The van der Waals surface area contributed by atoms with Crippen LogP contribution in [0.25, 0.3) is 0 Å². The average molecular weight is 270 g/mol. The Bertz CT molecular complexity index is 363. The van der Waals surface area contributed by atoms with Crippen molar-refractivity contribution < 1.29 is 4.79 Å². The zero-order valence-corrected chi connectivity index (χ0v) is 10.7. The van der Waals surface area contributed by atoms with Gasteiger partial charge in [0, 0.05) is 16.0 Å². The van der Waals surface area contributed by atoms with Crippen molar-refractivity contribution in [3.05, 3.63) is 33.8 Å². The van der Waals surface area contributed by atoms with Crippen LogP contribution in [0.15, 0.2) is 22.7 Å². The molecule has 1 rings (SSSR count). The molecule has 2 N–H and O–H groups in total. The Morgan fingerprint density at radius 1 is 1.53 bits per heavy atom. The summed E-state index contributed by atoms with van der Waals surface area (Å²) < 4.78 is 0.941. The molecule has 0 fully saturated rings. The number of Topliss-reactive ketones (excluding diaryl/α,β-unsaturated/α-hetero) is 1. The molecule has 0 saturated carbocycles. The summed E-state index contributed by atoms with van der Waals surface area (Å²) in [5, 5.41) is 0. The van der Waals surface area contributed by atoms with Crippen molar-refractivity contribution in [2.75, 3.05) is 6.54 Å². The highest BCUT2D eigenvalue weighted by Gasteiger charge is 2.16. The van der Waals surface area contributed by atoms with E-state index in [2.05, 4.69) is 15.9 Å². The average Bonchev–Trinajstić information content (AvgIpc) is 2.21. The van der Waals surface area contributed by atoms with Crippen molar-refractivity contribution in [3.63, 3.8) is 0 Å². The quantitative estimate of drug-likeness (QED) is 0.855. The molecular formula is C12H16BrNO. The molecule has 0 bridgehead atoms. The van der Waals surface area contributed by atoms with E-state index in [1.54, 1.807) is 0 Å². The lowest BCUT2D eigenvalue weighted by molar-refractivity contribution is 0.0925. The van der Waals surface area contributed by atoms with Crippen molar-refractivity contribution in [2.45, 2.75) is 20.3 Å². The van der Waals surface area contributed by atoms with Crippen LogP contribution in [0.1, 0.15) is 29.3 Å². The van der Waals surface area contributed by atoms with Gasteiger partial charge in [0.05, 0.1) is 0 Å². The maximum Gasteiger partial charge on any atom is 0.166 e. The molecule has 1 atom stereocenters. The van der Waals surface area contributed by atoms with E-state index >= 15 is 0 Å². The van der Waals surface area contributed by atoms with Crippen LogP contribution in [0.2, 0.25) is 0 Å². The van der Waals surface area contributed by atoms with Crippen molar-refractivity contribution >= 4 is 21.7 Å². The van der Waals surface area contributed by atoms with Gasteiger partial charge in [-0.15, -0.1) is 0 Å². The highest BCUT2D eigenvalue weighted by Crippen LogP contribution is 2.20. The predicted octanol–water partition coefficient (Wildman–Crippen LogP) is 2.93. The van der Waals surface area contributed by atoms with Gasteiger partial charge in [0.15, 0.2) is 5.78 Å². The van der Waals surface area contributed by atoms with Crippen molar-refractivity contribution in [3.8, 4) is 0 Å². The number of ketones is 1. The van der Waals surface area contributed by atoms with Crippen molar-refractivity contribution in [2.24, 2.45) is 11.7 Å². The van der Waals surface area contributed by atoms with E-state index in [1.807, 2.05) is 32.0 Å². The second-order valence-electron chi connectivity index (χ2n) is 3.80. The van der Waals surface area contributed by atoms with E-state index in [-0.39, 0.29) is 11.7 Å². The summed E-state index contributed by atoms with van der Waals surface area (Å²) >= 11 is 3.38. The summed E-state index contributed by atoms with van der Waals surface area (Å²) in [6, 6.07) is 5.77. The number of hydrogen-bond donors (Lipinski definition) is 1. The second kappa shape index (κ2) is 5.42. The minimum atomic E-state index is 0.00278. The molecule has 2 nitrogen and oxygen atoms in total.